The molecule has 0 fully saturated rings. The number of fused-ring (bicyclic) bond motifs is 18. The second kappa shape index (κ2) is 19.7. The first-order chi connectivity index (χ1) is 27.6. The Labute approximate surface area is 340 Å². The standard InChI is InChI=1S/C43H47N5O9S/c1-43(2,3)57-38(51)25-34-41(54)48-35(42(55)56)23-27-13-17-30(18-14-27)44-36(49)19-20-37(50)45-33(24-31-10-7-21-58-31)40(53)46-32(39(52)47-34)22-26-11-15-29(16-12-26)28-8-5-4-6-9-28/h4-18,21,32-35H,19-20,22-25H2,1-3H3,(H,44,49)(H,45,50)(H,46,53)(H,47,52)(H,48,54)(H,55,56)/t32-,33+,34-,35+/m0/s1. The van der Waals surface area contributed by atoms with Gasteiger partial charge < -0.3 is 36.4 Å². The number of carbonyl (C=O) groups is 7. The summed E-state index contributed by atoms with van der Waals surface area (Å²) in [6, 6.07) is 21.2. The summed E-state index contributed by atoms with van der Waals surface area (Å²) < 4.78 is 5.45. The second-order valence-electron chi connectivity index (χ2n) is 14.9. The van der Waals surface area contributed by atoms with Crippen LogP contribution in [0.5, 0.6) is 0 Å². The number of nitrogens with one attached hydrogen (secondary N) is 5. The molecule has 304 valence electrons. The van der Waals surface area contributed by atoms with Crippen LogP contribution in [-0.2, 0) is 57.6 Å². The Hall–Kier alpha value is -6.35. The van der Waals surface area contributed by atoms with Gasteiger partial charge in [-0.05, 0) is 66.6 Å². The monoisotopic (exact) mass is 809 g/mol. The maximum absolute atomic E-state index is 14.3. The lowest BCUT2D eigenvalue weighted by Gasteiger charge is -2.27. The van der Waals surface area contributed by atoms with Gasteiger partial charge in [-0.25, -0.2) is 4.79 Å². The number of anilines is 1. The average Bonchev–Trinajstić information content (AvgIpc) is 3.69. The predicted octanol–water partition coefficient (Wildman–Crippen LogP) is 3.93. The van der Waals surface area contributed by atoms with E-state index >= 15 is 0 Å². The van der Waals surface area contributed by atoms with Crippen LogP contribution in [-0.4, -0.2) is 76.3 Å². The molecule has 14 nitrogen and oxygen atoms in total. The molecule has 0 aliphatic carbocycles. The molecular weight excluding hydrogens is 763 g/mol. The van der Waals surface area contributed by atoms with Gasteiger partial charge in [0.05, 0.1) is 6.42 Å². The molecule has 3 heterocycles. The normalized spacial score (nSPS) is 20.0. The zero-order valence-corrected chi connectivity index (χ0v) is 33.2. The van der Waals surface area contributed by atoms with E-state index in [9.17, 15) is 38.7 Å². The largest absolute Gasteiger partial charge is 0.480 e. The van der Waals surface area contributed by atoms with Crippen molar-refractivity contribution in [1.29, 1.82) is 0 Å². The van der Waals surface area contributed by atoms with Gasteiger partial charge in [0.25, 0.3) is 0 Å². The quantitative estimate of drug-likeness (QED) is 0.112. The summed E-state index contributed by atoms with van der Waals surface area (Å²) in [7, 11) is 0. The molecule has 5 amide bonds. The van der Waals surface area contributed by atoms with Gasteiger partial charge in [-0.3, -0.25) is 28.8 Å². The molecule has 1 aromatic heterocycles. The van der Waals surface area contributed by atoms with Crippen LogP contribution in [0.15, 0.2) is 96.4 Å². The molecule has 4 atom stereocenters. The summed E-state index contributed by atoms with van der Waals surface area (Å²) in [6.45, 7) is 4.91. The minimum Gasteiger partial charge on any atom is -0.480 e. The Balaban J connectivity index is 1.51. The lowest BCUT2D eigenvalue weighted by molar-refractivity contribution is -0.156. The third-order valence-corrected chi connectivity index (χ3v) is 9.96. The van der Waals surface area contributed by atoms with E-state index in [0.717, 1.165) is 16.0 Å². The van der Waals surface area contributed by atoms with Crippen molar-refractivity contribution < 1.29 is 43.4 Å². The molecule has 4 aromatic rings. The first-order valence-electron chi connectivity index (χ1n) is 18.8. The van der Waals surface area contributed by atoms with Crippen LogP contribution in [0.3, 0.4) is 0 Å². The van der Waals surface area contributed by atoms with Gasteiger partial charge in [-0.2, -0.15) is 0 Å². The predicted molar refractivity (Wildman–Crippen MR) is 217 cm³/mol. The summed E-state index contributed by atoms with van der Waals surface area (Å²) >= 11 is 1.37. The number of thiophene rings is 1. The topological polar surface area (TPSA) is 209 Å². The van der Waals surface area contributed by atoms with Crippen LogP contribution in [0, 0.1) is 0 Å². The van der Waals surface area contributed by atoms with E-state index < -0.39 is 77.7 Å². The smallest absolute Gasteiger partial charge is 0.326 e. The molecule has 58 heavy (non-hydrogen) atoms. The summed E-state index contributed by atoms with van der Waals surface area (Å²) in [6.07, 6.45) is -1.26. The van der Waals surface area contributed by atoms with Crippen LogP contribution in [0.1, 0.15) is 56.0 Å². The zero-order valence-electron chi connectivity index (χ0n) is 32.4. The van der Waals surface area contributed by atoms with Crippen LogP contribution in [0.2, 0.25) is 0 Å². The van der Waals surface area contributed by atoms with E-state index in [1.807, 2.05) is 47.8 Å². The Bertz CT molecular complexity index is 2080. The minimum absolute atomic E-state index is 0.0686. The van der Waals surface area contributed by atoms with E-state index in [-0.39, 0.29) is 32.1 Å². The number of carboxylic acids is 1. The number of carboxylic acid groups (broad SMARTS) is 1. The van der Waals surface area contributed by atoms with Crippen LogP contribution >= 0.6 is 11.3 Å². The molecule has 2 bridgehead atoms. The average molecular weight is 810 g/mol. The highest BCUT2D eigenvalue weighted by Gasteiger charge is 2.34. The van der Waals surface area contributed by atoms with Gasteiger partial charge >= 0.3 is 11.9 Å². The number of carbonyl (C=O) groups excluding carboxylic acids is 6. The van der Waals surface area contributed by atoms with Gasteiger partial charge in [0.15, 0.2) is 0 Å². The van der Waals surface area contributed by atoms with E-state index in [2.05, 4.69) is 26.6 Å². The van der Waals surface area contributed by atoms with Crippen molar-refractivity contribution in [3.63, 3.8) is 0 Å². The van der Waals surface area contributed by atoms with Crippen molar-refractivity contribution in [2.45, 2.75) is 89.1 Å². The number of esters is 1. The lowest BCUT2D eigenvalue weighted by atomic mass is 9.99. The summed E-state index contributed by atoms with van der Waals surface area (Å²) in [5, 5.41) is 25.1. The first kappa shape index (κ1) is 42.8. The molecule has 0 saturated heterocycles. The third-order valence-electron chi connectivity index (χ3n) is 9.07. The van der Waals surface area contributed by atoms with Crippen molar-refractivity contribution in [1.82, 2.24) is 21.3 Å². The Morgan fingerprint density at radius 2 is 1.29 bits per heavy atom. The van der Waals surface area contributed by atoms with Gasteiger partial charge in [0, 0.05) is 42.7 Å². The van der Waals surface area contributed by atoms with Crippen molar-refractivity contribution in [2.24, 2.45) is 0 Å². The van der Waals surface area contributed by atoms with Gasteiger partial charge in [0.1, 0.15) is 29.8 Å². The van der Waals surface area contributed by atoms with Crippen LogP contribution in [0.25, 0.3) is 11.1 Å². The maximum atomic E-state index is 14.3. The molecule has 2 aliphatic rings. The van der Waals surface area contributed by atoms with Gasteiger partial charge in [-0.1, -0.05) is 72.8 Å². The van der Waals surface area contributed by atoms with E-state index in [1.54, 1.807) is 69.3 Å². The molecule has 6 rings (SSSR count). The molecule has 15 heteroatoms. The highest BCUT2D eigenvalue weighted by Crippen LogP contribution is 2.21. The summed E-state index contributed by atoms with van der Waals surface area (Å²) in [5.74, 6) is -5.77. The highest BCUT2D eigenvalue weighted by atomic mass is 32.1. The van der Waals surface area contributed by atoms with Crippen molar-refractivity contribution in [3.05, 3.63) is 112 Å². The minimum atomic E-state index is -1.61. The van der Waals surface area contributed by atoms with Crippen LogP contribution in [0.4, 0.5) is 5.69 Å². The van der Waals surface area contributed by atoms with Gasteiger partial charge in [-0.15, -0.1) is 11.3 Å². The second-order valence-corrected chi connectivity index (χ2v) is 16.0. The Morgan fingerprint density at radius 3 is 1.91 bits per heavy atom. The molecule has 0 saturated carbocycles. The number of hydrogen-bond acceptors (Lipinski definition) is 9. The Morgan fingerprint density at radius 1 is 0.690 bits per heavy atom. The first-order valence-corrected chi connectivity index (χ1v) is 19.7. The van der Waals surface area contributed by atoms with E-state index in [4.69, 9.17) is 4.74 Å². The number of benzene rings is 3. The van der Waals surface area contributed by atoms with E-state index in [0.29, 0.717) is 16.8 Å². The molecule has 0 spiro atoms. The lowest BCUT2D eigenvalue weighted by Crippen LogP contribution is -2.59. The number of aliphatic carboxylic acids is 1. The summed E-state index contributed by atoms with van der Waals surface area (Å²) in [5.41, 5.74) is 2.47. The fourth-order valence-electron chi connectivity index (χ4n) is 6.20. The number of hydrogen-bond donors (Lipinski definition) is 6. The zero-order chi connectivity index (χ0) is 41.8. The molecule has 0 unspecified atom stereocenters. The SMILES string of the molecule is CC(C)(C)OC(=O)C[C@@H]1NC(=O)[C@H](Cc2ccc(-c3ccccc3)cc2)NC(=O)[C@@H](Cc2cccs2)NC(=O)CCC(=O)Nc2ccc(cc2)C[C@H](C(=O)O)NC1=O. The summed E-state index contributed by atoms with van der Waals surface area (Å²) in [4.78, 5) is 94.6. The van der Waals surface area contributed by atoms with Crippen LogP contribution < -0.4 is 26.6 Å². The maximum Gasteiger partial charge on any atom is 0.326 e. The highest BCUT2D eigenvalue weighted by molar-refractivity contribution is 7.09. The fraction of sp³-hybridized carbons (Fsp3) is 0.326. The van der Waals surface area contributed by atoms with Crippen molar-refractivity contribution in [2.75, 3.05) is 5.32 Å². The fourth-order valence-corrected chi connectivity index (χ4v) is 6.95. The molecule has 6 N–H and O–H groups in total. The van der Waals surface area contributed by atoms with Crippen molar-refractivity contribution in [3.8, 4) is 11.1 Å². The Kier molecular flexibility index (Phi) is 14.5. The molecule has 3 aromatic carbocycles. The van der Waals surface area contributed by atoms with E-state index in [1.165, 1.54) is 11.3 Å². The number of amides is 5. The van der Waals surface area contributed by atoms with Gasteiger partial charge in [0.2, 0.25) is 29.5 Å². The van der Waals surface area contributed by atoms with Crippen molar-refractivity contribution >= 4 is 58.5 Å². The number of rotatable bonds is 8. The molecule has 0 radical (unpaired) electrons. The molecular formula is C43H47N5O9S. The number of ether oxygens (including phenoxy) is 1. The third kappa shape index (κ3) is 13.1. The molecule has 2 aliphatic heterocycles.